The molecule has 0 fully saturated rings. The highest BCUT2D eigenvalue weighted by Crippen LogP contribution is 2.18. The monoisotopic (exact) mass is 389 g/mol. The van der Waals surface area contributed by atoms with Crippen LogP contribution >= 0.6 is 12.2 Å². The van der Waals surface area contributed by atoms with Crippen molar-refractivity contribution >= 4 is 28.7 Å². The molecule has 0 heterocycles. The average Bonchev–Trinajstić information content (AvgIpc) is 2.67. The van der Waals surface area contributed by atoms with Gasteiger partial charge in [0, 0.05) is 5.56 Å². The molecule has 5 nitrogen and oxygen atoms in total. The number of halogens is 1. The maximum absolute atomic E-state index is 13.6. The summed E-state index contributed by atoms with van der Waals surface area (Å²) in [6, 6.07) is 11.7. The molecule has 0 radical (unpaired) electrons. The zero-order valence-electron chi connectivity index (χ0n) is 15.8. The van der Waals surface area contributed by atoms with Gasteiger partial charge in [0.1, 0.15) is 18.1 Å². The van der Waals surface area contributed by atoms with Crippen LogP contribution in [-0.2, 0) is 6.54 Å². The van der Waals surface area contributed by atoms with Gasteiger partial charge in [0.15, 0.2) is 5.11 Å². The fourth-order valence-electron chi connectivity index (χ4n) is 2.63. The molecule has 27 heavy (non-hydrogen) atoms. The van der Waals surface area contributed by atoms with E-state index in [4.69, 9.17) is 12.2 Å². The summed E-state index contributed by atoms with van der Waals surface area (Å²) in [4.78, 5) is 1.38. The van der Waals surface area contributed by atoms with E-state index in [2.05, 4.69) is 29.7 Å². The Morgan fingerprint density at radius 3 is 2.56 bits per heavy atom. The van der Waals surface area contributed by atoms with Crippen LogP contribution in [0.5, 0.6) is 5.75 Å². The first-order chi connectivity index (χ1) is 12.9. The third kappa shape index (κ3) is 6.01. The van der Waals surface area contributed by atoms with Crippen molar-refractivity contribution < 1.29 is 14.4 Å². The number of hydrogen-bond donors (Lipinski definition) is 4. The van der Waals surface area contributed by atoms with Gasteiger partial charge < -0.3 is 15.3 Å². The van der Waals surface area contributed by atoms with Gasteiger partial charge in [-0.1, -0.05) is 12.1 Å². The zero-order chi connectivity index (χ0) is 19.8. The molecule has 0 aromatic heterocycles. The van der Waals surface area contributed by atoms with E-state index in [1.807, 2.05) is 19.1 Å². The smallest absolute Gasteiger partial charge is 0.191 e. The fourth-order valence-corrected chi connectivity index (χ4v) is 2.79. The van der Waals surface area contributed by atoms with E-state index < -0.39 is 0 Å². The summed E-state index contributed by atoms with van der Waals surface area (Å²) in [5.74, 6) is -0.0971. The Balaban J connectivity index is 2.06. The van der Waals surface area contributed by atoms with Crippen molar-refractivity contribution in [2.75, 3.05) is 18.4 Å². The summed E-state index contributed by atoms with van der Waals surface area (Å²) in [5.41, 5.74) is 5.50. The molecule has 2 aromatic rings. The standard InChI is InChI=1S/C20H25FN4OS/c1-4-25(5-2)13-16-12-15(10-11-19(16)26)14(3)23-24-20(27)22-18-9-7-6-8-17(18)21/h6-12,26H,4-5,13H2,1-3H3,(H2,22,24,27)/p+1/b23-14+. The van der Waals surface area contributed by atoms with Crippen molar-refractivity contribution in [1.82, 2.24) is 5.43 Å². The SMILES string of the molecule is CC[NH+](CC)Cc1cc(/C(C)=N/NC(=S)Nc2ccccc2F)ccc1O. The molecule has 2 rings (SSSR count). The molecular formula is C20H26FN4OS+. The van der Waals surface area contributed by atoms with E-state index in [0.717, 1.165) is 30.8 Å². The molecule has 0 spiro atoms. The summed E-state index contributed by atoms with van der Waals surface area (Å²) in [7, 11) is 0. The number of phenols is 1. The Hall–Kier alpha value is -2.51. The van der Waals surface area contributed by atoms with Crippen LogP contribution in [0.25, 0.3) is 0 Å². The van der Waals surface area contributed by atoms with Crippen molar-refractivity contribution in [3.8, 4) is 5.75 Å². The minimum atomic E-state index is -0.385. The minimum Gasteiger partial charge on any atom is -0.507 e. The molecule has 0 saturated carbocycles. The number of nitrogens with one attached hydrogen (secondary N) is 3. The van der Waals surface area contributed by atoms with E-state index in [1.165, 1.54) is 11.0 Å². The van der Waals surface area contributed by atoms with Crippen molar-refractivity contribution in [3.63, 3.8) is 0 Å². The van der Waals surface area contributed by atoms with Gasteiger partial charge >= 0.3 is 0 Å². The number of benzene rings is 2. The van der Waals surface area contributed by atoms with Gasteiger partial charge in [-0.25, -0.2) is 4.39 Å². The molecule has 0 atom stereocenters. The third-order valence-corrected chi connectivity index (χ3v) is 4.58. The molecule has 0 amide bonds. The minimum absolute atomic E-state index is 0.200. The lowest BCUT2D eigenvalue weighted by Gasteiger charge is -2.16. The third-order valence-electron chi connectivity index (χ3n) is 4.38. The van der Waals surface area contributed by atoms with Gasteiger partial charge in [0.25, 0.3) is 0 Å². The number of hydrazone groups is 1. The number of para-hydroxylation sites is 1. The number of thiocarbonyl (C=S) groups is 1. The predicted octanol–water partition coefficient (Wildman–Crippen LogP) is 2.67. The van der Waals surface area contributed by atoms with E-state index >= 15 is 0 Å². The quantitative estimate of drug-likeness (QED) is 0.334. The van der Waals surface area contributed by atoms with E-state index in [9.17, 15) is 9.50 Å². The molecule has 0 bridgehead atoms. The number of aromatic hydroxyl groups is 1. The Kier molecular flexibility index (Phi) is 7.69. The topological polar surface area (TPSA) is 61.1 Å². The maximum Gasteiger partial charge on any atom is 0.191 e. The molecule has 144 valence electrons. The zero-order valence-corrected chi connectivity index (χ0v) is 16.7. The fraction of sp³-hybridized carbons (Fsp3) is 0.300. The van der Waals surface area contributed by atoms with Crippen LogP contribution in [0.2, 0.25) is 0 Å². The Morgan fingerprint density at radius 1 is 1.19 bits per heavy atom. The second kappa shape index (κ2) is 9.99. The van der Waals surface area contributed by atoms with Gasteiger partial charge in [-0.05, 0) is 68.9 Å². The highest BCUT2D eigenvalue weighted by Gasteiger charge is 2.11. The number of nitrogens with zero attached hydrogens (tertiary/aromatic N) is 1. The van der Waals surface area contributed by atoms with Crippen molar-refractivity contribution in [2.24, 2.45) is 5.10 Å². The summed E-state index contributed by atoms with van der Waals surface area (Å²) in [6.45, 7) is 8.83. The average molecular weight is 390 g/mol. The van der Waals surface area contributed by atoms with Crippen LogP contribution in [0.3, 0.4) is 0 Å². The van der Waals surface area contributed by atoms with Crippen LogP contribution < -0.4 is 15.6 Å². The number of rotatable bonds is 7. The molecule has 0 aliphatic heterocycles. The van der Waals surface area contributed by atoms with Gasteiger partial charge in [-0.15, -0.1) is 0 Å². The second-order valence-electron chi connectivity index (χ2n) is 6.22. The van der Waals surface area contributed by atoms with E-state index in [0.29, 0.717) is 5.71 Å². The van der Waals surface area contributed by atoms with Crippen molar-refractivity contribution in [3.05, 3.63) is 59.4 Å². The number of quaternary nitrogens is 1. The first-order valence-electron chi connectivity index (χ1n) is 8.96. The van der Waals surface area contributed by atoms with Crippen LogP contribution in [0, 0.1) is 5.82 Å². The lowest BCUT2D eigenvalue weighted by molar-refractivity contribution is -0.910. The second-order valence-corrected chi connectivity index (χ2v) is 6.63. The number of hydrogen-bond acceptors (Lipinski definition) is 3. The summed E-state index contributed by atoms with van der Waals surface area (Å²) < 4.78 is 13.6. The number of anilines is 1. The van der Waals surface area contributed by atoms with Gasteiger partial charge in [0.2, 0.25) is 0 Å². The highest BCUT2D eigenvalue weighted by molar-refractivity contribution is 7.80. The largest absolute Gasteiger partial charge is 0.507 e. The number of phenolic OH excluding ortho intramolecular Hbond substituents is 1. The summed E-state index contributed by atoms with van der Waals surface area (Å²) in [6.07, 6.45) is 0. The Labute approximate surface area is 164 Å². The van der Waals surface area contributed by atoms with E-state index in [-0.39, 0.29) is 22.4 Å². The van der Waals surface area contributed by atoms with Crippen LogP contribution in [0.15, 0.2) is 47.6 Å². The van der Waals surface area contributed by atoms with Crippen molar-refractivity contribution in [2.45, 2.75) is 27.3 Å². The lowest BCUT2D eigenvalue weighted by atomic mass is 10.1. The lowest BCUT2D eigenvalue weighted by Crippen LogP contribution is -3.10. The summed E-state index contributed by atoms with van der Waals surface area (Å²) in [5, 5.41) is 17.4. The van der Waals surface area contributed by atoms with Gasteiger partial charge in [0.05, 0.1) is 24.5 Å². The van der Waals surface area contributed by atoms with Crippen LogP contribution in [0.4, 0.5) is 10.1 Å². The molecule has 0 aliphatic rings. The predicted molar refractivity (Wildman–Crippen MR) is 112 cm³/mol. The maximum atomic E-state index is 13.6. The Morgan fingerprint density at radius 2 is 1.89 bits per heavy atom. The molecule has 0 aliphatic carbocycles. The highest BCUT2D eigenvalue weighted by atomic mass is 32.1. The molecule has 7 heteroatoms. The summed E-state index contributed by atoms with van der Waals surface area (Å²) >= 11 is 5.16. The molecule has 4 N–H and O–H groups in total. The van der Waals surface area contributed by atoms with Crippen LogP contribution in [-0.4, -0.2) is 29.0 Å². The van der Waals surface area contributed by atoms with Crippen molar-refractivity contribution in [1.29, 1.82) is 0 Å². The molecule has 2 aromatic carbocycles. The Bertz CT molecular complexity index is 821. The van der Waals surface area contributed by atoms with E-state index in [1.54, 1.807) is 24.3 Å². The first-order valence-corrected chi connectivity index (χ1v) is 9.37. The molecule has 0 saturated heterocycles. The molecule has 0 unspecified atom stereocenters. The van der Waals surface area contributed by atoms with Crippen LogP contribution in [0.1, 0.15) is 31.9 Å². The van der Waals surface area contributed by atoms with Gasteiger partial charge in [-0.2, -0.15) is 5.10 Å². The van der Waals surface area contributed by atoms with Gasteiger partial charge in [-0.3, -0.25) is 5.43 Å². The molecular weight excluding hydrogens is 363 g/mol. The first kappa shape index (κ1) is 20.8. The normalized spacial score (nSPS) is 11.5.